The Morgan fingerprint density at radius 3 is 2.50 bits per heavy atom. The highest BCUT2D eigenvalue weighted by molar-refractivity contribution is 7.80. The number of hydrogen-bond donors (Lipinski definition) is 1. The summed E-state index contributed by atoms with van der Waals surface area (Å²) in [6.45, 7) is 1.51. The monoisotopic (exact) mass is 103 g/mol. The Morgan fingerprint density at radius 2 is 2.50 bits per heavy atom. The van der Waals surface area contributed by atoms with Crippen molar-refractivity contribution in [3.05, 3.63) is 6.42 Å². The number of Topliss-reactive ketones (excluding diaryl/α,β-unsaturated/α-hetero) is 1. The molecule has 0 aromatic rings. The molecular formula is C4H7OS. The molecule has 0 unspecified atom stereocenters. The molecule has 0 aliphatic rings. The summed E-state index contributed by atoms with van der Waals surface area (Å²) in [5.41, 5.74) is 0. The number of thiol groups is 1. The normalized spacial score (nSPS) is 8.33. The van der Waals surface area contributed by atoms with Gasteiger partial charge in [-0.1, -0.05) is 0 Å². The first kappa shape index (κ1) is 6.02. The van der Waals surface area contributed by atoms with Crippen molar-refractivity contribution in [3.8, 4) is 0 Å². The van der Waals surface area contributed by atoms with Crippen molar-refractivity contribution >= 4 is 18.4 Å². The van der Waals surface area contributed by atoms with Crippen LogP contribution in [0.1, 0.15) is 6.92 Å². The fourth-order valence-electron chi connectivity index (χ4n) is 0.129. The molecule has 0 amide bonds. The van der Waals surface area contributed by atoms with Gasteiger partial charge in [0.2, 0.25) is 0 Å². The third kappa shape index (κ3) is 4.02. The minimum absolute atomic E-state index is 0.0880. The summed E-state index contributed by atoms with van der Waals surface area (Å²) >= 11 is 3.78. The Balaban J connectivity index is 2.83. The van der Waals surface area contributed by atoms with Crippen LogP contribution in [0.5, 0.6) is 0 Å². The maximum atomic E-state index is 9.94. The summed E-state index contributed by atoms with van der Waals surface area (Å²) in [5, 5.41) is 0. The highest BCUT2D eigenvalue weighted by Crippen LogP contribution is 1.80. The topological polar surface area (TPSA) is 17.1 Å². The average Bonchev–Trinajstić information content (AvgIpc) is 1.35. The van der Waals surface area contributed by atoms with Crippen LogP contribution in [0.2, 0.25) is 0 Å². The molecule has 0 bridgehead atoms. The lowest BCUT2D eigenvalue weighted by atomic mass is 10.4. The third-order valence-electron chi connectivity index (χ3n) is 0.379. The molecule has 0 heterocycles. The SMILES string of the molecule is CC(=O)[CH]CS. The van der Waals surface area contributed by atoms with Crippen molar-refractivity contribution in [1.29, 1.82) is 0 Å². The van der Waals surface area contributed by atoms with Crippen molar-refractivity contribution < 1.29 is 4.79 Å². The zero-order chi connectivity index (χ0) is 4.99. The van der Waals surface area contributed by atoms with Crippen molar-refractivity contribution in [2.24, 2.45) is 0 Å². The predicted molar refractivity (Wildman–Crippen MR) is 28.8 cm³/mol. The fraction of sp³-hybridized carbons (Fsp3) is 0.500. The summed E-state index contributed by atoms with van der Waals surface area (Å²) in [5.74, 6) is 0.639. The van der Waals surface area contributed by atoms with Gasteiger partial charge >= 0.3 is 0 Å². The Morgan fingerprint density at radius 1 is 2.00 bits per heavy atom. The molecule has 0 fully saturated rings. The van der Waals surface area contributed by atoms with E-state index < -0.39 is 0 Å². The molecule has 0 spiro atoms. The molecule has 0 rings (SSSR count). The molecule has 0 aromatic heterocycles. The third-order valence-corrected chi connectivity index (χ3v) is 0.561. The lowest BCUT2D eigenvalue weighted by Crippen LogP contribution is -1.89. The van der Waals surface area contributed by atoms with Gasteiger partial charge in [0.05, 0.1) is 0 Å². The summed E-state index contributed by atoms with van der Waals surface area (Å²) in [6, 6.07) is 0. The number of carbonyl (C=O) groups excluding carboxylic acids is 1. The van der Waals surface area contributed by atoms with Crippen LogP contribution in [0.3, 0.4) is 0 Å². The molecule has 1 radical (unpaired) electrons. The van der Waals surface area contributed by atoms with E-state index in [-0.39, 0.29) is 5.78 Å². The van der Waals surface area contributed by atoms with Gasteiger partial charge in [-0.05, 0) is 6.92 Å². The van der Waals surface area contributed by atoms with Gasteiger partial charge < -0.3 is 0 Å². The minimum Gasteiger partial charge on any atom is -0.300 e. The summed E-state index contributed by atoms with van der Waals surface area (Å²) in [4.78, 5) is 9.94. The highest BCUT2D eigenvalue weighted by atomic mass is 32.1. The Kier molecular flexibility index (Phi) is 3.23. The van der Waals surface area contributed by atoms with Gasteiger partial charge in [0.1, 0.15) is 5.78 Å². The molecular weight excluding hydrogens is 96.1 g/mol. The van der Waals surface area contributed by atoms with E-state index in [0.717, 1.165) is 0 Å². The van der Waals surface area contributed by atoms with Crippen LogP contribution in [0.25, 0.3) is 0 Å². The smallest absolute Gasteiger partial charge is 0.134 e. The van der Waals surface area contributed by atoms with Crippen molar-refractivity contribution in [2.45, 2.75) is 6.92 Å². The van der Waals surface area contributed by atoms with Crippen LogP contribution in [0.4, 0.5) is 0 Å². The molecule has 0 N–H and O–H groups in total. The molecule has 0 saturated carbocycles. The van der Waals surface area contributed by atoms with Crippen LogP contribution < -0.4 is 0 Å². The van der Waals surface area contributed by atoms with Gasteiger partial charge in [0, 0.05) is 12.2 Å². The standard InChI is InChI=1S/C4H7OS/c1-4(5)2-3-6/h2,6H,3H2,1H3. The summed E-state index contributed by atoms with van der Waals surface area (Å²) in [6.07, 6.45) is 1.52. The number of rotatable bonds is 2. The van der Waals surface area contributed by atoms with Gasteiger partial charge in [-0.25, -0.2) is 0 Å². The maximum absolute atomic E-state index is 9.94. The van der Waals surface area contributed by atoms with Crippen LogP contribution in [-0.2, 0) is 4.79 Å². The maximum Gasteiger partial charge on any atom is 0.134 e. The second kappa shape index (κ2) is 3.22. The summed E-state index contributed by atoms with van der Waals surface area (Å²) < 4.78 is 0. The van der Waals surface area contributed by atoms with E-state index in [1.165, 1.54) is 13.3 Å². The van der Waals surface area contributed by atoms with Gasteiger partial charge in [-0.2, -0.15) is 12.6 Å². The van der Waals surface area contributed by atoms with Crippen LogP contribution in [0, 0.1) is 6.42 Å². The first-order valence-electron chi connectivity index (χ1n) is 1.72. The van der Waals surface area contributed by atoms with E-state index in [0.29, 0.717) is 5.75 Å². The Bertz CT molecular complexity index is 51.5. The lowest BCUT2D eigenvalue weighted by molar-refractivity contribution is -0.113. The molecule has 0 aromatic carbocycles. The van der Waals surface area contributed by atoms with Gasteiger partial charge in [-0.15, -0.1) is 0 Å². The first-order chi connectivity index (χ1) is 2.77. The van der Waals surface area contributed by atoms with E-state index in [1.54, 1.807) is 0 Å². The van der Waals surface area contributed by atoms with Crippen molar-refractivity contribution in [1.82, 2.24) is 0 Å². The number of hydrogen-bond acceptors (Lipinski definition) is 2. The van der Waals surface area contributed by atoms with Crippen molar-refractivity contribution in [2.75, 3.05) is 5.75 Å². The largest absolute Gasteiger partial charge is 0.300 e. The molecule has 1 nitrogen and oxygen atoms in total. The van der Waals surface area contributed by atoms with Crippen molar-refractivity contribution in [3.63, 3.8) is 0 Å². The zero-order valence-corrected chi connectivity index (χ0v) is 4.53. The second-order valence-corrected chi connectivity index (χ2v) is 1.36. The average molecular weight is 103 g/mol. The van der Waals surface area contributed by atoms with Gasteiger partial charge in [0.25, 0.3) is 0 Å². The number of ketones is 1. The van der Waals surface area contributed by atoms with Gasteiger partial charge in [-0.3, -0.25) is 4.79 Å². The van der Waals surface area contributed by atoms with E-state index in [9.17, 15) is 4.79 Å². The van der Waals surface area contributed by atoms with Crippen LogP contribution >= 0.6 is 12.6 Å². The molecule has 0 aliphatic carbocycles. The Hall–Kier alpha value is 0.0200. The molecule has 0 atom stereocenters. The van der Waals surface area contributed by atoms with E-state index in [1.807, 2.05) is 0 Å². The van der Waals surface area contributed by atoms with E-state index >= 15 is 0 Å². The second-order valence-electron chi connectivity index (χ2n) is 0.997. The molecule has 0 saturated heterocycles. The minimum atomic E-state index is 0.0880. The first-order valence-corrected chi connectivity index (χ1v) is 2.35. The van der Waals surface area contributed by atoms with E-state index in [2.05, 4.69) is 12.6 Å². The molecule has 0 aliphatic heterocycles. The fourth-order valence-corrected chi connectivity index (χ4v) is 0.386. The quantitative estimate of drug-likeness (QED) is 0.509. The number of carbonyl (C=O) groups is 1. The summed E-state index contributed by atoms with van der Waals surface area (Å²) in [7, 11) is 0. The van der Waals surface area contributed by atoms with Crippen LogP contribution in [0.15, 0.2) is 0 Å². The van der Waals surface area contributed by atoms with E-state index in [4.69, 9.17) is 0 Å². The highest BCUT2D eigenvalue weighted by Gasteiger charge is 1.85. The lowest BCUT2D eigenvalue weighted by Gasteiger charge is -1.79. The predicted octanol–water partition coefficient (Wildman–Crippen LogP) is 0.709. The molecule has 2 heteroatoms. The molecule has 35 valence electrons. The molecule has 6 heavy (non-hydrogen) atoms. The zero-order valence-electron chi connectivity index (χ0n) is 3.64. The van der Waals surface area contributed by atoms with Gasteiger partial charge in [0.15, 0.2) is 0 Å². The Labute approximate surface area is 43.2 Å². The van der Waals surface area contributed by atoms with Crippen LogP contribution in [-0.4, -0.2) is 11.5 Å².